The van der Waals surface area contributed by atoms with Gasteiger partial charge in [-0.05, 0) is 97.2 Å². The molecule has 5 saturated carbocycles. The first-order valence-electron chi connectivity index (χ1n) is 18.6. The standard InChI is InChI=1S/C37H56O11/c1-17-12-37(29-34(7,47-29)30(42)48-37)46-20-13-32(5)22-9-8-21-31(3,4)23(45-28-27(41)26(40)19(39)15-43-28)10-11-35(21)16-36(22,35)14-24(44-18(2)38)33(32,6)25(17)20/h17,19-30,39-42H,8-16H2,1-7H3/t17-,19-,20?,21+,22+,23+,24-,25+,26?,27?,28+,29?,30?,32+,33-,34?,35-,36?,37-/m1/s1. The lowest BCUT2D eigenvalue weighted by Crippen LogP contribution is -2.64. The summed E-state index contributed by atoms with van der Waals surface area (Å²) in [6.45, 7) is 15.1. The Hall–Kier alpha value is -0.890. The van der Waals surface area contributed by atoms with Crippen LogP contribution in [0, 0.1) is 50.7 Å². The van der Waals surface area contributed by atoms with Gasteiger partial charge >= 0.3 is 5.97 Å². The highest BCUT2D eigenvalue weighted by molar-refractivity contribution is 5.66. The molecule has 0 aromatic heterocycles. The number of hydrogen-bond donors (Lipinski definition) is 4. The Bertz CT molecular complexity index is 1390. The molecule has 19 atom stereocenters. The zero-order valence-electron chi connectivity index (χ0n) is 29.5. The summed E-state index contributed by atoms with van der Waals surface area (Å²) in [6.07, 6.45) is 0.880. The van der Waals surface area contributed by atoms with Gasteiger partial charge in [-0.2, -0.15) is 0 Å². The zero-order chi connectivity index (χ0) is 34.2. The number of carbonyl (C=O) groups is 1. The van der Waals surface area contributed by atoms with E-state index in [0.29, 0.717) is 18.3 Å². The van der Waals surface area contributed by atoms with Crippen molar-refractivity contribution < 1.29 is 53.6 Å². The molecule has 0 amide bonds. The second kappa shape index (κ2) is 9.75. The summed E-state index contributed by atoms with van der Waals surface area (Å²) in [7, 11) is 0. The van der Waals surface area contributed by atoms with Crippen LogP contribution >= 0.6 is 0 Å². The van der Waals surface area contributed by atoms with E-state index in [1.54, 1.807) is 6.92 Å². The van der Waals surface area contributed by atoms with Crippen LogP contribution in [0.2, 0.25) is 0 Å². The molecule has 4 aliphatic heterocycles. The summed E-state index contributed by atoms with van der Waals surface area (Å²) in [4.78, 5) is 12.9. The van der Waals surface area contributed by atoms with Gasteiger partial charge in [-0.15, -0.1) is 0 Å². The van der Waals surface area contributed by atoms with Gasteiger partial charge in [-0.25, -0.2) is 0 Å². The molecule has 7 unspecified atom stereocenters. The molecule has 4 N–H and O–H groups in total. The molecule has 11 nitrogen and oxygen atoms in total. The van der Waals surface area contributed by atoms with Crippen molar-refractivity contribution in [2.75, 3.05) is 6.61 Å². The van der Waals surface area contributed by atoms with Crippen LogP contribution in [0.3, 0.4) is 0 Å². The first-order valence-corrected chi connectivity index (χ1v) is 18.6. The van der Waals surface area contributed by atoms with Crippen molar-refractivity contribution in [3.8, 4) is 0 Å². The minimum atomic E-state index is -1.31. The number of carbonyl (C=O) groups excluding carboxylic acids is 1. The monoisotopic (exact) mass is 676 g/mol. The van der Waals surface area contributed by atoms with Crippen molar-refractivity contribution in [1.82, 2.24) is 0 Å². The predicted octanol–water partition coefficient (Wildman–Crippen LogP) is 3.03. The van der Waals surface area contributed by atoms with Crippen molar-refractivity contribution in [3.63, 3.8) is 0 Å². The molecule has 9 aliphatic rings. The smallest absolute Gasteiger partial charge is 0.302 e. The van der Waals surface area contributed by atoms with Crippen LogP contribution in [0.1, 0.15) is 99.8 Å². The lowest BCUT2D eigenvalue weighted by molar-refractivity contribution is -0.346. The van der Waals surface area contributed by atoms with Crippen molar-refractivity contribution in [2.45, 2.75) is 167 Å². The van der Waals surface area contributed by atoms with Crippen molar-refractivity contribution in [2.24, 2.45) is 50.7 Å². The van der Waals surface area contributed by atoms with Crippen LogP contribution in [0.4, 0.5) is 0 Å². The van der Waals surface area contributed by atoms with Crippen molar-refractivity contribution in [1.29, 1.82) is 0 Å². The average molecular weight is 677 g/mol. The molecule has 0 radical (unpaired) electrons. The molecular weight excluding hydrogens is 620 g/mol. The van der Waals surface area contributed by atoms with Gasteiger partial charge in [0, 0.05) is 18.8 Å². The summed E-state index contributed by atoms with van der Waals surface area (Å²) in [6, 6.07) is 0. The third-order valence-electron chi connectivity index (χ3n) is 16.8. The van der Waals surface area contributed by atoms with E-state index in [4.69, 9.17) is 28.4 Å². The largest absolute Gasteiger partial charge is 0.462 e. The first kappa shape index (κ1) is 33.0. The SMILES string of the molecule is CC(=O)O[C@@H]1CC23C[C@@]24CC[C@H](O[C@@H]2OC[C@@H](O)C(O)C2O)C(C)(C)[C@@H]4CC[C@H]3[C@]2(C)CC3O[C@]4(C[C@@H](C)[C@@H]3[C@@]12C)OC(O)C1(C)OC14. The third-order valence-corrected chi connectivity index (χ3v) is 16.8. The van der Waals surface area contributed by atoms with Crippen molar-refractivity contribution in [3.05, 3.63) is 0 Å². The number of aliphatic hydroxyl groups excluding tert-OH is 4. The van der Waals surface area contributed by atoms with E-state index in [0.717, 1.165) is 44.9 Å². The normalized spacial score (nSPS) is 63.3. The van der Waals surface area contributed by atoms with Crippen LogP contribution in [0.5, 0.6) is 0 Å². The highest BCUT2D eigenvalue weighted by Crippen LogP contribution is 2.89. The summed E-state index contributed by atoms with van der Waals surface area (Å²) in [5, 5.41) is 41.7. The lowest BCUT2D eigenvalue weighted by Gasteiger charge is -2.65. The fourth-order valence-corrected chi connectivity index (χ4v) is 14.6. The second-order valence-corrected chi connectivity index (χ2v) is 18.9. The highest BCUT2D eigenvalue weighted by atomic mass is 16.8. The molecule has 3 spiro atoms. The Balaban J connectivity index is 1.03. The van der Waals surface area contributed by atoms with E-state index in [9.17, 15) is 25.2 Å². The summed E-state index contributed by atoms with van der Waals surface area (Å²) in [5.74, 6) is 0.0295. The molecule has 0 aromatic rings. The molecule has 5 aliphatic carbocycles. The van der Waals surface area contributed by atoms with E-state index in [2.05, 4.69) is 34.6 Å². The Morgan fingerprint density at radius 3 is 2.23 bits per heavy atom. The molecule has 11 heteroatoms. The number of esters is 1. The molecule has 4 saturated heterocycles. The van der Waals surface area contributed by atoms with E-state index in [-0.39, 0.29) is 75.9 Å². The maximum atomic E-state index is 12.9. The van der Waals surface area contributed by atoms with E-state index >= 15 is 0 Å². The Kier molecular flexibility index (Phi) is 6.70. The zero-order valence-corrected chi connectivity index (χ0v) is 29.5. The molecule has 9 rings (SSSR count). The summed E-state index contributed by atoms with van der Waals surface area (Å²) < 4.78 is 37.9. The van der Waals surface area contributed by atoms with Crippen LogP contribution in [-0.4, -0.2) is 99.7 Å². The van der Waals surface area contributed by atoms with Gasteiger partial charge in [-0.1, -0.05) is 34.6 Å². The quantitative estimate of drug-likeness (QED) is 0.198. The maximum Gasteiger partial charge on any atom is 0.302 e. The molecule has 270 valence electrons. The van der Waals surface area contributed by atoms with Gasteiger partial charge in [0.25, 0.3) is 0 Å². The van der Waals surface area contributed by atoms with Crippen LogP contribution in [0.15, 0.2) is 0 Å². The molecule has 4 heterocycles. The summed E-state index contributed by atoms with van der Waals surface area (Å²) >= 11 is 0. The number of aliphatic hydroxyl groups is 4. The maximum absolute atomic E-state index is 12.9. The Morgan fingerprint density at radius 1 is 0.833 bits per heavy atom. The molecular formula is C37H56O11. The minimum absolute atomic E-state index is 0.0420. The number of ether oxygens (including phenoxy) is 6. The fraction of sp³-hybridized carbons (Fsp3) is 0.973. The Morgan fingerprint density at radius 2 is 1.56 bits per heavy atom. The van der Waals surface area contributed by atoms with Gasteiger partial charge in [0.05, 0.1) is 18.8 Å². The number of rotatable bonds is 3. The van der Waals surface area contributed by atoms with Crippen molar-refractivity contribution >= 4 is 5.97 Å². The molecule has 0 aromatic carbocycles. The fourth-order valence-electron chi connectivity index (χ4n) is 14.6. The first-order chi connectivity index (χ1) is 22.4. The number of epoxide rings is 1. The van der Waals surface area contributed by atoms with Crippen LogP contribution in [-0.2, 0) is 33.2 Å². The average Bonchev–Trinajstić information content (AvgIpc) is 3.84. The lowest BCUT2D eigenvalue weighted by atomic mass is 9.41. The predicted molar refractivity (Wildman–Crippen MR) is 168 cm³/mol. The van der Waals surface area contributed by atoms with Crippen LogP contribution < -0.4 is 0 Å². The van der Waals surface area contributed by atoms with Crippen LogP contribution in [0.25, 0.3) is 0 Å². The highest BCUT2D eigenvalue weighted by Gasteiger charge is 2.87. The number of hydrogen-bond acceptors (Lipinski definition) is 11. The number of fused-ring (bicyclic) bond motifs is 6. The summed E-state index contributed by atoms with van der Waals surface area (Å²) in [5.41, 5.74) is -1.23. The molecule has 9 fully saturated rings. The van der Waals surface area contributed by atoms with Gasteiger partial charge in [0.15, 0.2) is 12.6 Å². The second-order valence-electron chi connectivity index (χ2n) is 18.9. The topological polar surface area (TPSA) is 157 Å². The van der Waals surface area contributed by atoms with Gasteiger partial charge in [-0.3, -0.25) is 4.79 Å². The van der Waals surface area contributed by atoms with E-state index in [1.165, 1.54) is 0 Å². The molecule has 48 heavy (non-hydrogen) atoms. The molecule has 0 bridgehead atoms. The Labute approximate surface area is 283 Å². The van der Waals surface area contributed by atoms with E-state index in [1.807, 2.05) is 6.92 Å². The van der Waals surface area contributed by atoms with E-state index < -0.39 is 42.3 Å². The van der Waals surface area contributed by atoms with Gasteiger partial charge in [0.1, 0.15) is 36.1 Å². The third kappa shape index (κ3) is 3.74. The van der Waals surface area contributed by atoms with Gasteiger partial charge < -0.3 is 48.8 Å². The minimum Gasteiger partial charge on any atom is -0.462 e. The van der Waals surface area contributed by atoms with Gasteiger partial charge in [0.2, 0.25) is 5.79 Å².